The number of nitrogens with zero attached hydrogens (tertiary/aromatic N) is 2. The summed E-state index contributed by atoms with van der Waals surface area (Å²) in [6, 6.07) is 78.4. The first kappa shape index (κ1) is 36.3. The molecule has 2 nitrogen and oxygen atoms in total. The molecule has 0 radical (unpaired) electrons. The lowest BCUT2D eigenvalue weighted by molar-refractivity contribution is 0.238. The molecule has 2 unspecified atom stereocenters. The molecule has 1 heterocycles. The van der Waals surface area contributed by atoms with Crippen molar-refractivity contribution in [2.75, 3.05) is 4.90 Å². The molecular formula is C62H48N2. The Labute approximate surface area is 375 Å². The van der Waals surface area contributed by atoms with Gasteiger partial charge in [-0.15, -0.1) is 0 Å². The van der Waals surface area contributed by atoms with Gasteiger partial charge in [0.05, 0.1) is 22.1 Å². The van der Waals surface area contributed by atoms with Crippen LogP contribution in [0.5, 0.6) is 0 Å². The van der Waals surface area contributed by atoms with E-state index in [0.717, 1.165) is 23.2 Å². The molecule has 2 fully saturated rings. The average molecular weight is 821 g/mol. The van der Waals surface area contributed by atoms with Crippen molar-refractivity contribution in [2.45, 2.75) is 43.4 Å². The molecule has 0 N–H and O–H groups in total. The Morgan fingerprint density at radius 2 is 0.969 bits per heavy atom. The third kappa shape index (κ3) is 5.08. The minimum absolute atomic E-state index is 0.312. The number of fused-ring (bicyclic) bond motifs is 15. The zero-order valence-corrected chi connectivity index (χ0v) is 35.9. The monoisotopic (exact) mass is 820 g/mol. The highest BCUT2D eigenvalue weighted by atomic mass is 15.1. The number of hydrogen-bond donors (Lipinski definition) is 0. The topological polar surface area (TPSA) is 8.17 Å². The van der Waals surface area contributed by atoms with E-state index in [4.69, 9.17) is 0 Å². The second-order valence-corrected chi connectivity index (χ2v) is 19.2. The second kappa shape index (κ2) is 13.9. The van der Waals surface area contributed by atoms with Crippen molar-refractivity contribution < 1.29 is 0 Å². The van der Waals surface area contributed by atoms with Gasteiger partial charge in [-0.3, -0.25) is 0 Å². The molecule has 306 valence electrons. The molecule has 4 aliphatic carbocycles. The molecule has 0 aliphatic heterocycles. The highest BCUT2D eigenvalue weighted by Crippen LogP contribution is 2.64. The van der Waals surface area contributed by atoms with E-state index in [1.165, 1.54) is 121 Å². The molecule has 9 aromatic carbocycles. The van der Waals surface area contributed by atoms with E-state index in [-0.39, 0.29) is 0 Å². The summed E-state index contributed by atoms with van der Waals surface area (Å²) in [5, 5.41) is 5.05. The first-order chi connectivity index (χ1) is 31.7. The fraction of sp³-hybridized carbons (Fsp3) is 0.161. The van der Waals surface area contributed by atoms with Crippen LogP contribution in [-0.4, -0.2) is 4.57 Å². The fourth-order valence-electron chi connectivity index (χ4n) is 13.6. The largest absolute Gasteiger partial charge is 0.310 e. The normalized spacial score (nSPS) is 20.0. The third-order valence-corrected chi connectivity index (χ3v) is 16.0. The summed E-state index contributed by atoms with van der Waals surface area (Å²) in [4.78, 5) is 2.55. The average Bonchev–Trinajstić information content (AvgIpc) is 3.98. The molecule has 4 aliphatic rings. The molecule has 2 saturated carbocycles. The van der Waals surface area contributed by atoms with E-state index >= 15 is 0 Å². The molecule has 2 bridgehead atoms. The van der Waals surface area contributed by atoms with Crippen molar-refractivity contribution in [3.05, 3.63) is 240 Å². The zero-order valence-electron chi connectivity index (χ0n) is 35.9. The predicted octanol–water partition coefficient (Wildman–Crippen LogP) is 16.0. The van der Waals surface area contributed by atoms with Gasteiger partial charge in [0.15, 0.2) is 0 Å². The van der Waals surface area contributed by atoms with Crippen LogP contribution in [0.3, 0.4) is 0 Å². The summed E-state index contributed by atoms with van der Waals surface area (Å²) < 4.78 is 2.42. The van der Waals surface area contributed by atoms with Crippen molar-refractivity contribution >= 4 is 49.6 Å². The van der Waals surface area contributed by atoms with Crippen LogP contribution in [0.2, 0.25) is 0 Å². The van der Waals surface area contributed by atoms with E-state index in [0.29, 0.717) is 11.8 Å². The van der Waals surface area contributed by atoms with Crippen molar-refractivity contribution in [3.8, 4) is 16.8 Å². The quantitative estimate of drug-likeness (QED) is 0.168. The Bertz CT molecular complexity index is 3360. The molecule has 4 atom stereocenters. The molecule has 1 spiro atoms. The summed E-state index contributed by atoms with van der Waals surface area (Å²) >= 11 is 0. The van der Waals surface area contributed by atoms with Gasteiger partial charge in [0, 0.05) is 39.1 Å². The van der Waals surface area contributed by atoms with Crippen LogP contribution in [-0.2, 0) is 5.41 Å². The van der Waals surface area contributed by atoms with Crippen LogP contribution in [0.15, 0.2) is 206 Å². The number of para-hydroxylation sites is 2. The summed E-state index contributed by atoms with van der Waals surface area (Å²) in [6.45, 7) is 0. The summed E-state index contributed by atoms with van der Waals surface area (Å²) in [5.41, 5.74) is 18.2. The summed E-state index contributed by atoms with van der Waals surface area (Å²) in [5.74, 6) is 2.59. The van der Waals surface area contributed by atoms with Crippen molar-refractivity contribution in [1.29, 1.82) is 0 Å². The Kier molecular flexibility index (Phi) is 7.90. The minimum atomic E-state index is -0.407. The molecule has 14 rings (SSSR count). The molecule has 0 amide bonds. The Morgan fingerprint density at radius 3 is 1.67 bits per heavy atom. The van der Waals surface area contributed by atoms with Crippen LogP contribution in [0.4, 0.5) is 17.1 Å². The van der Waals surface area contributed by atoms with Crippen molar-refractivity contribution in [3.63, 3.8) is 0 Å². The predicted molar refractivity (Wildman–Crippen MR) is 266 cm³/mol. The number of benzene rings is 9. The first-order valence-electron chi connectivity index (χ1n) is 23.5. The maximum absolute atomic E-state index is 2.64. The van der Waals surface area contributed by atoms with Crippen LogP contribution >= 0.6 is 0 Å². The smallest absolute Gasteiger partial charge is 0.0719 e. The standard InChI is InChI=1S/C62H48N2/c1-2-16-47-42(14-1)15-13-27-58(47)63(44-30-32-45(33-31-44)64-59-25-11-6-19-50(59)51-20-7-12-26-60(51)64)46-34-35-57-53(39-46)61(43-37-40-28-29-41(36-40)38-43)52-21-5-10-24-56(52)62(57)54-22-8-3-17-48(54)49-18-4-9-23-55(49)62/h1-27,30-35,39-41,43,61H,28-29,36-38H2/t40-,41+,43?,61?. The van der Waals surface area contributed by atoms with Gasteiger partial charge in [0.1, 0.15) is 0 Å². The lowest BCUT2D eigenvalue weighted by Gasteiger charge is -2.47. The van der Waals surface area contributed by atoms with Gasteiger partial charge in [-0.1, -0.05) is 165 Å². The van der Waals surface area contributed by atoms with E-state index in [1.54, 1.807) is 0 Å². The molecule has 0 saturated heterocycles. The van der Waals surface area contributed by atoms with Gasteiger partial charge in [-0.25, -0.2) is 0 Å². The Hall–Kier alpha value is -7.16. The molecular weight excluding hydrogens is 773 g/mol. The van der Waals surface area contributed by atoms with Gasteiger partial charge in [0.2, 0.25) is 0 Å². The van der Waals surface area contributed by atoms with Gasteiger partial charge in [0.25, 0.3) is 0 Å². The van der Waals surface area contributed by atoms with Crippen LogP contribution in [0, 0.1) is 17.8 Å². The maximum atomic E-state index is 2.64. The van der Waals surface area contributed by atoms with E-state index in [2.05, 4.69) is 216 Å². The van der Waals surface area contributed by atoms with Gasteiger partial charge < -0.3 is 9.47 Å². The van der Waals surface area contributed by atoms with Crippen LogP contribution in [0.25, 0.3) is 49.4 Å². The first-order valence-corrected chi connectivity index (χ1v) is 23.5. The SMILES string of the molecule is c1ccc2c(c1)-c1ccccc1C21c2ccccc2C(C2C[C@H]3CC[C@@H](C2)C3)c2cc(N(c3ccc(-n4c5ccccc5c5ccccc54)cc3)c3cccc4ccccc34)ccc21. The number of aromatic nitrogens is 1. The highest BCUT2D eigenvalue weighted by molar-refractivity contribution is 6.09. The van der Waals surface area contributed by atoms with Crippen molar-refractivity contribution in [1.82, 2.24) is 4.57 Å². The molecule has 10 aromatic rings. The lowest BCUT2D eigenvalue weighted by Crippen LogP contribution is -2.38. The molecule has 2 heteroatoms. The minimum Gasteiger partial charge on any atom is -0.310 e. The lowest BCUT2D eigenvalue weighted by atomic mass is 9.56. The Morgan fingerprint density at radius 1 is 0.422 bits per heavy atom. The maximum Gasteiger partial charge on any atom is 0.0719 e. The summed E-state index contributed by atoms with van der Waals surface area (Å²) in [7, 11) is 0. The summed E-state index contributed by atoms with van der Waals surface area (Å²) in [6.07, 6.45) is 6.84. The van der Waals surface area contributed by atoms with Crippen LogP contribution < -0.4 is 4.90 Å². The third-order valence-electron chi connectivity index (χ3n) is 16.0. The zero-order chi connectivity index (χ0) is 41.9. The number of hydrogen-bond acceptors (Lipinski definition) is 1. The highest BCUT2D eigenvalue weighted by Gasteiger charge is 2.53. The van der Waals surface area contributed by atoms with Gasteiger partial charge >= 0.3 is 0 Å². The second-order valence-electron chi connectivity index (χ2n) is 19.2. The number of rotatable bonds is 5. The van der Waals surface area contributed by atoms with Crippen LogP contribution in [0.1, 0.15) is 71.4 Å². The van der Waals surface area contributed by atoms with Gasteiger partial charge in [-0.2, -0.15) is 0 Å². The van der Waals surface area contributed by atoms with Crippen molar-refractivity contribution in [2.24, 2.45) is 17.8 Å². The van der Waals surface area contributed by atoms with E-state index in [9.17, 15) is 0 Å². The fourth-order valence-corrected chi connectivity index (χ4v) is 13.6. The number of anilines is 3. The van der Waals surface area contributed by atoms with Gasteiger partial charge in [-0.05, 0) is 142 Å². The molecule has 1 aromatic heterocycles. The van der Waals surface area contributed by atoms with E-state index in [1.807, 2.05) is 0 Å². The molecule has 64 heavy (non-hydrogen) atoms. The Balaban J connectivity index is 1.02. The van der Waals surface area contributed by atoms with E-state index < -0.39 is 5.41 Å².